The van der Waals surface area contributed by atoms with Gasteiger partial charge in [0.05, 0.1) is 24.7 Å². The first-order valence-corrected chi connectivity index (χ1v) is 14.5. The first kappa shape index (κ1) is 24.7. The number of benzene rings is 3. The summed E-state index contributed by atoms with van der Waals surface area (Å²) in [5, 5.41) is 13.0. The van der Waals surface area contributed by atoms with Gasteiger partial charge in [0.25, 0.3) is 0 Å². The molecule has 3 aromatic carbocycles. The minimum Gasteiger partial charge on any atom is -0.365 e. The molecule has 6 rings (SSSR count). The average Bonchev–Trinajstić information content (AvgIpc) is 2.97. The topological polar surface area (TPSA) is 59.3 Å². The van der Waals surface area contributed by atoms with E-state index in [1.807, 2.05) is 6.26 Å². The van der Waals surface area contributed by atoms with E-state index in [0.717, 1.165) is 62.4 Å². The van der Waals surface area contributed by atoms with Crippen LogP contribution in [-0.4, -0.2) is 53.3 Å². The zero-order valence-electron chi connectivity index (χ0n) is 21.8. The second-order valence-corrected chi connectivity index (χ2v) is 10.8. The zero-order valence-corrected chi connectivity index (χ0v) is 22.6. The van der Waals surface area contributed by atoms with Crippen LogP contribution in [0.25, 0.3) is 10.8 Å². The van der Waals surface area contributed by atoms with E-state index < -0.39 is 0 Å². The highest BCUT2D eigenvalue weighted by Gasteiger charge is 2.31. The number of nitriles is 1. The lowest BCUT2D eigenvalue weighted by atomic mass is 10.0. The summed E-state index contributed by atoms with van der Waals surface area (Å²) in [4.78, 5) is 17.4. The van der Waals surface area contributed by atoms with Crippen molar-refractivity contribution >= 4 is 34.0 Å². The summed E-state index contributed by atoms with van der Waals surface area (Å²) < 4.78 is 0. The van der Waals surface area contributed by atoms with Gasteiger partial charge in [-0.3, -0.25) is 4.90 Å². The summed E-state index contributed by atoms with van der Waals surface area (Å²) in [5.41, 5.74) is 4.96. The van der Waals surface area contributed by atoms with E-state index in [2.05, 4.69) is 93.6 Å². The van der Waals surface area contributed by atoms with Gasteiger partial charge in [0.1, 0.15) is 5.82 Å². The van der Waals surface area contributed by atoms with Crippen molar-refractivity contribution in [3.05, 3.63) is 89.6 Å². The van der Waals surface area contributed by atoms with Crippen LogP contribution in [0.2, 0.25) is 0 Å². The normalized spacial score (nSPS) is 17.8. The molecule has 7 heteroatoms. The van der Waals surface area contributed by atoms with Crippen LogP contribution in [0.15, 0.2) is 78.0 Å². The quantitative estimate of drug-likeness (QED) is 0.245. The average molecular weight is 521 g/mol. The molecule has 192 valence electrons. The summed E-state index contributed by atoms with van der Waals surface area (Å²) in [6.45, 7) is 5.22. The van der Waals surface area contributed by atoms with Crippen LogP contribution in [0.3, 0.4) is 0 Å². The molecular weight excluding hydrogens is 488 g/mol. The Morgan fingerprint density at radius 1 is 0.921 bits per heavy atom. The summed E-state index contributed by atoms with van der Waals surface area (Å²) in [7, 11) is 0. The van der Waals surface area contributed by atoms with Crippen molar-refractivity contribution in [3.8, 4) is 6.07 Å². The highest BCUT2D eigenvalue weighted by atomic mass is 32.2. The van der Waals surface area contributed by atoms with E-state index in [9.17, 15) is 5.26 Å². The molecule has 38 heavy (non-hydrogen) atoms. The van der Waals surface area contributed by atoms with Gasteiger partial charge in [-0.05, 0) is 29.7 Å². The monoisotopic (exact) mass is 520 g/mol. The van der Waals surface area contributed by atoms with Crippen LogP contribution in [0.5, 0.6) is 0 Å². The van der Waals surface area contributed by atoms with Crippen molar-refractivity contribution in [1.29, 1.82) is 5.26 Å². The van der Waals surface area contributed by atoms with Gasteiger partial charge < -0.3 is 9.80 Å². The van der Waals surface area contributed by atoms with Crippen LogP contribution in [0.4, 0.5) is 11.5 Å². The molecule has 3 heterocycles. The molecular formula is C31H32N6S. The highest BCUT2D eigenvalue weighted by molar-refractivity contribution is 7.98. The molecule has 4 aromatic rings. The third kappa shape index (κ3) is 4.94. The molecule has 1 atom stereocenters. The summed E-state index contributed by atoms with van der Waals surface area (Å²) in [6.07, 6.45) is 3.48. The number of nitrogens with zero attached hydrogens (tertiary/aromatic N) is 6. The molecule has 1 saturated heterocycles. The van der Waals surface area contributed by atoms with Crippen molar-refractivity contribution in [1.82, 2.24) is 14.9 Å². The second kappa shape index (κ2) is 11.0. The van der Waals surface area contributed by atoms with Gasteiger partial charge in [-0.1, -0.05) is 78.5 Å². The third-order valence-electron chi connectivity index (χ3n) is 7.77. The molecule has 0 spiro atoms. The standard InChI is InChI=1S/C31H32N6S/c1-38-31-33-28-22-36(29-13-7-11-24-10-5-6-12-26(24)29)17-15-27(28)30(34-31)37-19-18-35(25(21-37)14-16-32)20-23-8-3-2-4-9-23/h2-13,25H,14-15,17-22H2,1H3/t25-/m0/s1. The van der Waals surface area contributed by atoms with Crippen molar-refractivity contribution < 1.29 is 0 Å². The van der Waals surface area contributed by atoms with Gasteiger partial charge in [-0.25, -0.2) is 9.97 Å². The fourth-order valence-corrected chi connectivity index (χ4v) is 6.22. The predicted molar refractivity (Wildman–Crippen MR) is 156 cm³/mol. The Morgan fingerprint density at radius 3 is 2.58 bits per heavy atom. The lowest BCUT2D eigenvalue weighted by Gasteiger charge is -2.42. The third-order valence-corrected chi connectivity index (χ3v) is 8.32. The first-order chi connectivity index (χ1) is 18.7. The first-order valence-electron chi connectivity index (χ1n) is 13.3. The molecule has 1 aromatic heterocycles. The van der Waals surface area contributed by atoms with Gasteiger partial charge in [0, 0.05) is 55.4 Å². The van der Waals surface area contributed by atoms with E-state index in [1.54, 1.807) is 11.8 Å². The largest absolute Gasteiger partial charge is 0.365 e. The maximum Gasteiger partial charge on any atom is 0.189 e. The molecule has 6 nitrogen and oxygen atoms in total. The van der Waals surface area contributed by atoms with Crippen molar-refractivity contribution in [2.24, 2.45) is 0 Å². The van der Waals surface area contributed by atoms with Gasteiger partial charge in [-0.15, -0.1) is 0 Å². The minimum absolute atomic E-state index is 0.174. The fraction of sp³-hybridized carbons (Fsp3) is 0.323. The Morgan fingerprint density at radius 2 is 1.74 bits per heavy atom. The Labute approximate surface area is 228 Å². The van der Waals surface area contributed by atoms with Gasteiger partial charge in [-0.2, -0.15) is 5.26 Å². The number of hydrogen-bond acceptors (Lipinski definition) is 7. The van der Waals surface area contributed by atoms with Gasteiger partial charge in [0.2, 0.25) is 0 Å². The minimum atomic E-state index is 0.174. The second-order valence-electron chi connectivity index (χ2n) is 10.0. The molecule has 2 aliphatic heterocycles. The van der Waals surface area contributed by atoms with E-state index in [-0.39, 0.29) is 6.04 Å². The number of piperazine rings is 1. The number of thioether (sulfide) groups is 1. The molecule has 0 aliphatic carbocycles. The fourth-order valence-electron chi connectivity index (χ4n) is 5.84. The van der Waals surface area contributed by atoms with Crippen molar-refractivity contribution in [3.63, 3.8) is 0 Å². The Hall–Kier alpha value is -3.60. The Balaban J connectivity index is 1.27. The van der Waals surface area contributed by atoms with Crippen LogP contribution < -0.4 is 9.80 Å². The van der Waals surface area contributed by atoms with Crippen molar-refractivity contribution in [2.45, 2.75) is 37.1 Å². The smallest absolute Gasteiger partial charge is 0.189 e. The summed E-state index contributed by atoms with van der Waals surface area (Å²) in [5.74, 6) is 1.07. The number of anilines is 2. The molecule has 0 saturated carbocycles. The molecule has 2 aliphatic rings. The zero-order chi connectivity index (χ0) is 25.9. The summed E-state index contributed by atoms with van der Waals surface area (Å²) in [6, 6.07) is 28.3. The number of hydrogen-bond donors (Lipinski definition) is 0. The van der Waals surface area contributed by atoms with E-state index in [1.165, 1.54) is 27.6 Å². The number of rotatable bonds is 6. The van der Waals surface area contributed by atoms with Crippen LogP contribution in [-0.2, 0) is 19.5 Å². The molecule has 0 bridgehead atoms. The highest BCUT2D eigenvalue weighted by Crippen LogP contribution is 2.34. The van der Waals surface area contributed by atoms with Gasteiger partial charge in [0.15, 0.2) is 5.16 Å². The number of aromatic nitrogens is 2. The molecule has 0 unspecified atom stereocenters. The van der Waals surface area contributed by atoms with Crippen molar-refractivity contribution in [2.75, 3.05) is 42.2 Å². The lowest BCUT2D eigenvalue weighted by molar-refractivity contribution is 0.169. The lowest BCUT2D eigenvalue weighted by Crippen LogP contribution is -2.53. The maximum atomic E-state index is 9.62. The summed E-state index contributed by atoms with van der Waals surface area (Å²) >= 11 is 1.60. The van der Waals surface area contributed by atoms with Crippen LogP contribution >= 0.6 is 11.8 Å². The van der Waals surface area contributed by atoms with E-state index in [0.29, 0.717) is 6.42 Å². The SMILES string of the molecule is CSc1nc2c(c(N3CCN(Cc4ccccc4)[C@@H](CC#N)C3)n1)CCN(c1cccc3ccccc13)C2. The predicted octanol–water partition coefficient (Wildman–Crippen LogP) is 5.52. The maximum absolute atomic E-state index is 9.62. The molecule has 1 fully saturated rings. The van der Waals surface area contributed by atoms with E-state index in [4.69, 9.17) is 9.97 Å². The van der Waals surface area contributed by atoms with E-state index >= 15 is 0 Å². The molecule has 0 amide bonds. The Bertz CT molecular complexity index is 1460. The van der Waals surface area contributed by atoms with Gasteiger partial charge >= 0.3 is 0 Å². The number of fused-ring (bicyclic) bond motifs is 2. The molecule has 0 N–H and O–H groups in total. The Kier molecular flexibility index (Phi) is 7.17. The van der Waals surface area contributed by atoms with Crippen LogP contribution in [0.1, 0.15) is 23.2 Å². The van der Waals surface area contributed by atoms with Crippen LogP contribution in [0, 0.1) is 11.3 Å². The molecule has 0 radical (unpaired) electrons.